The predicted octanol–water partition coefficient (Wildman–Crippen LogP) is 3.33. The van der Waals surface area contributed by atoms with Crippen LogP contribution in [0.2, 0.25) is 0 Å². The smallest absolute Gasteiger partial charge is 0.410 e. The van der Waals surface area contributed by atoms with E-state index in [9.17, 15) is 4.79 Å². The maximum Gasteiger partial charge on any atom is 0.410 e. The molecule has 2 heterocycles. The Kier molecular flexibility index (Phi) is 6.60. The molecule has 150 valence electrons. The number of morpholine rings is 1. The summed E-state index contributed by atoms with van der Waals surface area (Å²) in [5, 5.41) is 3.61. The molecule has 2 saturated heterocycles. The van der Waals surface area contributed by atoms with Crippen molar-refractivity contribution in [2.24, 2.45) is 0 Å². The lowest BCUT2D eigenvalue weighted by Gasteiger charge is -2.34. The first-order valence-corrected chi connectivity index (χ1v) is 10.0. The third kappa shape index (κ3) is 6.40. The first kappa shape index (κ1) is 20.0. The molecule has 1 aromatic carbocycles. The fraction of sp³-hybridized carbons (Fsp3) is 0.667. The van der Waals surface area contributed by atoms with Gasteiger partial charge in [-0.3, -0.25) is 4.90 Å². The van der Waals surface area contributed by atoms with Crippen LogP contribution in [-0.4, -0.2) is 66.9 Å². The van der Waals surface area contributed by atoms with Crippen LogP contribution in [0.15, 0.2) is 24.3 Å². The summed E-state index contributed by atoms with van der Waals surface area (Å²) in [6.07, 6.45) is 1.68. The van der Waals surface area contributed by atoms with Crippen LogP contribution in [-0.2, 0) is 16.0 Å². The number of piperidine rings is 1. The summed E-state index contributed by atoms with van der Waals surface area (Å²) in [6.45, 7) is 11.9. The van der Waals surface area contributed by atoms with Crippen molar-refractivity contribution in [2.75, 3.05) is 44.7 Å². The van der Waals surface area contributed by atoms with Crippen LogP contribution in [0.3, 0.4) is 0 Å². The second-order valence-corrected chi connectivity index (χ2v) is 8.47. The first-order valence-electron chi connectivity index (χ1n) is 10.0. The highest BCUT2D eigenvalue weighted by Gasteiger charge is 2.26. The summed E-state index contributed by atoms with van der Waals surface area (Å²) >= 11 is 0. The quantitative estimate of drug-likeness (QED) is 0.875. The number of rotatable bonds is 4. The zero-order valence-corrected chi connectivity index (χ0v) is 16.9. The average Bonchev–Trinajstić information content (AvgIpc) is 2.63. The highest BCUT2D eigenvalue weighted by Crippen LogP contribution is 2.20. The standard InChI is InChI=1S/C21H33N3O3/c1-21(2,3)27-20(25)24-10-8-19(9-11-24)22-18-6-4-17(5-7-18)16-23-12-14-26-15-13-23/h4-7,19,22H,8-16H2,1-3H3. The Morgan fingerprint density at radius 3 is 2.33 bits per heavy atom. The number of benzene rings is 1. The number of carbonyl (C=O) groups excluding carboxylic acids is 1. The molecule has 0 aromatic heterocycles. The highest BCUT2D eigenvalue weighted by atomic mass is 16.6. The second-order valence-electron chi connectivity index (χ2n) is 8.47. The van der Waals surface area contributed by atoms with Crippen molar-refractivity contribution in [1.82, 2.24) is 9.80 Å². The minimum absolute atomic E-state index is 0.201. The van der Waals surface area contributed by atoms with E-state index in [2.05, 4.69) is 34.5 Å². The summed E-state index contributed by atoms with van der Waals surface area (Å²) in [7, 11) is 0. The maximum atomic E-state index is 12.2. The fourth-order valence-electron chi connectivity index (χ4n) is 3.49. The van der Waals surface area contributed by atoms with Gasteiger partial charge in [-0.2, -0.15) is 0 Å². The van der Waals surface area contributed by atoms with Gasteiger partial charge in [-0.1, -0.05) is 12.1 Å². The number of ether oxygens (including phenoxy) is 2. The van der Waals surface area contributed by atoms with Crippen LogP contribution < -0.4 is 5.32 Å². The molecule has 0 saturated carbocycles. The number of anilines is 1. The molecule has 0 radical (unpaired) electrons. The largest absolute Gasteiger partial charge is 0.444 e. The van der Waals surface area contributed by atoms with Crippen LogP contribution >= 0.6 is 0 Å². The average molecular weight is 376 g/mol. The van der Waals surface area contributed by atoms with Gasteiger partial charge in [0.15, 0.2) is 0 Å². The van der Waals surface area contributed by atoms with E-state index < -0.39 is 5.60 Å². The Bertz CT molecular complexity index is 598. The van der Waals surface area contributed by atoms with Gasteiger partial charge in [-0.25, -0.2) is 4.79 Å². The van der Waals surface area contributed by atoms with Gasteiger partial charge < -0.3 is 19.7 Å². The first-order chi connectivity index (χ1) is 12.9. The van der Waals surface area contributed by atoms with Crippen molar-refractivity contribution in [3.8, 4) is 0 Å². The van der Waals surface area contributed by atoms with Crippen LogP contribution in [0.1, 0.15) is 39.2 Å². The van der Waals surface area contributed by atoms with E-state index in [-0.39, 0.29) is 6.09 Å². The summed E-state index contributed by atoms with van der Waals surface area (Å²) in [4.78, 5) is 16.4. The molecule has 2 aliphatic heterocycles. The van der Waals surface area contributed by atoms with E-state index in [4.69, 9.17) is 9.47 Å². The van der Waals surface area contributed by atoms with Crippen molar-refractivity contribution in [2.45, 2.75) is 51.8 Å². The predicted molar refractivity (Wildman–Crippen MR) is 107 cm³/mol. The normalized spacial score (nSPS) is 19.7. The lowest BCUT2D eigenvalue weighted by Crippen LogP contribution is -2.44. The Labute approximate surface area is 162 Å². The minimum Gasteiger partial charge on any atom is -0.444 e. The van der Waals surface area contributed by atoms with E-state index in [0.29, 0.717) is 6.04 Å². The molecule has 0 unspecified atom stereocenters. The molecule has 0 bridgehead atoms. The zero-order chi connectivity index (χ0) is 19.3. The van der Waals surface area contributed by atoms with E-state index in [1.54, 1.807) is 0 Å². The Morgan fingerprint density at radius 1 is 1.11 bits per heavy atom. The van der Waals surface area contributed by atoms with Gasteiger partial charge in [0.2, 0.25) is 0 Å². The van der Waals surface area contributed by atoms with Crippen molar-refractivity contribution < 1.29 is 14.3 Å². The van der Waals surface area contributed by atoms with E-state index in [1.165, 1.54) is 5.56 Å². The third-order valence-electron chi connectivity index (χ3n) is 4.98. The van der Waals surface area contributed by atoms with Crippen molar-refractivity contribution in [1.29, 1.82) is 0 Å². The van der Waals surface area contributed by atoms with E-state index in [1.807, 2.05) is 25.7 Å². The lowest BCUT2D eigenvalue weighted by atomic mass is 10.0. The number of likely N-dealkylation sites (tertiary alicyclic amines) is 1. The molecule has 6 heteroatoms. The molecule has 27 heavy (non-hydrogen) atoms. The Hall–Kier alpha value is -1.79. The number of hydrogen-bond acceptors (Lipinski definition) is 5. The van der Waals surface area contributed by atoms with Gasteiger partial charge in [-0.15, -0.1) is 0 Å². The molecule has 2 aliphatic rings. The molecule has 2 fully saturated rings. The number of carbonyl (C=O) groups is 1. The Morgan fingerprint density at radius 2 is 1.74 bits per heavy atom. The molecule has 3 rings (SSSR count). The maximum absolute atomic E-state index is 12.2. The molecular weight excluding hydrogens is 342 g/mol. The molecular formula is C21H33N3O3. The summed E-state index contributed by atoms with van der Waals surface area (Å²) in [5.41, 5.74) is 2.05. The highest BCUT2D eigenvalue weighted by molar-refractivity contribution is 5.68. The molecule has 0 atom stereocenters. The van der Waals surface area contributed by atoms with E-state index >= 15 is 0 Å². The summed E-state index contributed by atoms with van der Waals surface area (Å²) in [6, 6.07) is 9.13. The van der Waals surface area contributed by atoms with Crippen molar-refractivity contribution in [3.63, 3.8) is 0 Å². The van der Waals surface area contributed by atoms with Crippen LogP contribution in [0.5, 0.6) is 0 Å². The molecule has 1 aromatic rings. The molecule has 0 spiro atoms. The molecule has 0 aliphatic carbocycles. The van der Waals surface area contributed by atoms with Gasteiger partial charge in [0.1, 0.15) is 5.60 Å². The summed E-state index contributed by atoms with van der Waals surface area (Å²) in [5.74, 6) is 0. The van der Waals surface area contributed by atoms with Crippen LogP contribution in [0.25, 0.3) is 0 Å². The molecule has 6 nitrogen and oxygen atoms in total. The van der Waals surface area contributed by atoms with Crippen LogP contribution in [0, 0.1) is 0 Å². The van der Waals surface area contributed by atoms with E-state index in [0.717, 1.165) is 64.5 Å². The Balaban J connectivity index is 1.43. The third-order valence-corrected chi connectivity index (χ3v) is 4.98. The zero-order valence-electron chi connectivity index (χ0n) is 16.9. The fourth-order valence-corrected chi connectivity index (χ4v) is 3.49. The van der Waals surface area contributed by atoms with Gasteiger partial charge in [0, 0.05) is 44.5 Å². The molecule has 1 amide bonds. The SMILES string of the molecule is CC(C)(C)OC(=O)N1CCC(Nc2ccc(CN3CCOCC3)cc2)CC1. The van der Waals surface area contributed by atoms with Gasteiger partial charge in [0.25, 0.3) is 0 Å². The monoisotopic (exact) mass is 375 g/mol. The number of hydrogen-bond donors (Lipinski definition) is 1. The van der Waals surface area contributed by atoms with Gasteiger partial charge in [-0.05, 0) is 51.3 Å². The van der Waals surface area contributed by atoms with Gasteiger partial charge >= 0.3 is 6.09 Å². The number of nitrogens with zero attached hydrogens (tertiary/aromatic N) is 2. The van der Waals surface area contributed by atoms with Crippen molar-refractivity contribution >= 4 is 11.8 Å². The van der Waals surface area contributed by atoms with Crippen LogP contribution in [0.4, 0.5) is 10.5 Å². The minimum atomic E-state index is -0.435. The number of amides is 1. The van der Waals surface area contributed by atoms with Crippen molar-refractivity contribution in [3.05, 3.63) is 29.8 Å². The number of nitrogens with one attached hydrogen (secondary N) is 1. The topological polar surface area (TPSA) is 54.0 Å². The second kappa shape index (κ2) is 8.93. The summed E-state index contributed by atoms with van der Waals surface area (Å²) < 4.78 is 10.9. The van der Waals surface area contributed by atoms with Gasteiger partial charge in [0.05, 0.1) is 13.2 Å². The lowest BCUT2D eigenvalue weighted by molar-refractivity contribution is 0.0210. The molecule has 1 N–H and O–H groups in total.